The summed E-state index contributed by atoms with van der Waals surface area (Å²) in [5.41, 5.74) is 0.349. The first-order valence-electron chi connectivity index (χ1n) is 6.80. The summed E-state index contributed by atoms with van der Waals surface area (Å²) < 4.78 is 0. The van der Waals surface area contributed by atoms with Gasteiger partial charge in [0, 0.05) is 0 Å². The lowest BCUT2D eigenvalue weighted by atomic mass is 9.74. The summed E-state index contributed by atoms with van der Waals surface area (Å²) in [6.07, 6.45) is 13.7. The number of hydrogen-bond donors (Lipinski definition) is 0. The van der Waals surface area contributed by atoms with Crippen molar-refractivity contribution in [3.05, 3.63) is 12.7 Å². The van der Waals surface area contributed by atoms with Crippen LogP contribution in [0.4, 0.5) is 0 Å². The van der Waals surface area contributed by atoms with Gasteiger partial charge in [0.15, 0.2) is 0 Å². The molecule has 0 saturated carbocycles. The van der Waals surface area contributed by atoms with Crippen LogP contribution in [-0.2, 0) is 0 Å². The van der Waals surface area contributed by atoms with Crippen molar-refractivity contribution in [2.24, 2.45) is 5.41 Å². The molecule has 0 aliphatic rings. The standard InChI is InChI=1S/C15H29/c1-5-9-12-15(8-4,13-10-6-2)14-11-7-3/h4,8H,5-7,9-14H2,1-3H3. The van der Waals surface area contributed by atoms with Gasteiger partial charge in [-0.05, 0) is 24.7 Å². The first kappa shape index (κ1) is 14.7. The van der Waals surface area contributed by atoms with E-state index in [-0.39, 0.29) is 0 Å². The molecule has 0 aliphatic carbocycles. The highest BCUT2D eigenvalue weighted by molar-refractivity contribution is 4.93. The molecule has 0 heteroatoms. The molecule has 0 atom stereocenters. The highest BCUT2D eigenvalue weighted by atomic mass is 14.3. The minimum Gasteiger partial charge on any atom is -0.0783 e. The van der Waals surface area contributed by atoms with Crippen molar-refractivity contribution in [3.8, 4) is 0 Å². The fraction of sp³-hybridized carbons (Fsp3) is 0.867. The Labute approximate surface area is 97.2 Å². The Hall–Kier alpha value is -0.260. The van der Waals surface area contributed by atoms with Crippen LogP contribution < -0.4 is 0 Å². The summed E-state index contributed by atoms with van der Waals surface area (Å²) in [5, 5.41) is 0. The van der Waals surface area contributed by atoms with E-state index < -0.39 is 0 Å². The van der Waals surface area contributed by atoms with Gasteiger partial charge in [0.1, 0.15) is 0 Å². The largest absolute Gasteiger partial charge is 0.0783 e. The second kappa shape index (κ2) is 9.00. The van der Waals surface area contributed by atoms with E-state index in [0.717, 1.165) is 0 Å². The van der Waals surface area contributed by atoms with Crippen LogP contribution in [0.5, 0.6) is 0 Å². The monoisotopic (exact) mass is 209 g/mol. The molecule has 0 nitrogen and oxygen atoms in total. The number of hydrogen-bond acceptors (Lipinski definition) is 0. The first-order valence-corrected chi connectivity index (χ1v) is 6.80. The molecule has 0 bridgehead atoms. The third-order valence-corrected chi connectivity index (χ3v) is 3.44. The zero-order valence-electron chi connectivity index (χ0n) is 11.0. The maximum absolute atomic E-state index is 5.91. The van der Waals surface area contributed by atoms with E-state index in [0.29, 0.717) is 5.41 Å². The minimum atomic E-state index is 0.349. The Balaban J connectivity index is 4.23. The summed E-state index contributed by atoms with van der Waals surface area (Å²) in [7, 11) is 0. The normalized spacial score (nSPS) is 11.7. The van der Waals surface area contributed by atoms with Crippen molar-refractivity contribution < 1.29 is 0 Å². The second-order valence-electron chi connectivity index (χ2n) is 4.84. The van der Waals surface area contributed by atoms with E-state index in [1.807, 2.05) is 6.08 Å². The third kappa shape index (κ3) is 6.02. The van der Waals surface area contributed by atoms with Gasteiger partial charge in [-0.2, -0.15) is 0 Å². The lowest BCUT2D eigenvalue weighted by Crippen LogP contribution is -2.18. The van der Waals surface area contributed by atoms with Gasteiger partial charge in [-0.25, -0.2) is 0 Å². The topological polar surface area (TPSA) is 0 Å². The lowest BCUT2D eigenvalue weighted by molar-refractivity contribution is 0.272. The molecule has 0 heterocycles. The molecule has 0 rings (SSSR count). The highest BCUT2D eigenvalue weighted by Gasteiger charge is 2.24. The van der Waals surface area contributed by atoms with E-state index in [4.69, 9.17) is 6.58 Å². The average molecular weight is 209 g/mol. The lowest BCUT2D eigenvalue weighted by Gasteiger charge is -2.30. The van der Waals surface area contributed by atoms with Crippen molar-refractivity contribution in [3.63, 3.8) is 0 Å². The molecule has 0 spiro atoms. The summed E-state index contributed by atoms with van der Waals surface area (Å²) in [6, 6.07) is 0. The molecular formula is C15H29. The van der Waals surface area contributed by atoms with Crippen LogP contribution in [0.15, 0.2) is 6.08 Å². The van der Waals surface area contributed by atoms with Crippen LogP contribution in [0.2, 0.25) is 0 Å². The second-order valence-corrected chi connectivity index (χ2v) is 4.84. The van der Waals surface area contributed by atoms with Crippen molar-refractivity contribution in [2.75, 3.05) is 0 Å². The number of unbranched alkanes of at least 4 members (excludes halogenated alkanes) is 3. The van der Waals surface area contributed by atoms with Gasteiger partial charge in [-0.3, -0.25) is 0 Å². The van der Waals surface area contributed by atoms with E-state index in [2.05, 4.69) is 20.8 Å². The quantitative estimate of drug-likeness (QED) is 0.443. The van der Waals surface area contributed by atoms with Crippen molar-refractivity contribution in [2.45, 2.75) is 78.6 Å². The highest BCUT2D eigenvalue weighted by Crippen LogP contribution is 2.37. The molecule has 1 radical (unpaired) electrons. The van der Waals surface area contributed by atoms with Crippen LogP contribution in [-0.4, -0.2) is 0 Å². The van der Waals surface area contributed by atoms with Crippen molar-refractivity contribution in [1.29, 1.82) is 0 Å². The summed E-state index contributed by atoms with van der Waals surface area (Å²) in [4.78, 5) is 0. The number of allylic oxidation sites excluding steroid dienone is 1. The van der Waals surface area contributed by atoms with E-state index in [1.165, 1.54) is 57.8 Å². The Morgan fingerprint density at radius 3 is 1.33 bits per heavy atom. The smallest absolute Gasteiger partial charge is 0.0115 e. The Kier molecular flexibility index (Phi) is 8.85. The fourth-order valence-corrected chi connectivity index (χ4v) is 2.21. The van der Waals surface area contributed by atoms with Crippen LogP contribution in [0.1, 0.15) is 78.6 Å². The van der Waals surface area contributed by atoms with Crippen LogP contribution in [0, 0.1) is 12.0 Å². The minimum absolute atomic E-state index is 0.349. The maximum atomic E-state index is 5.91. The van der Waals surface area contributed by atoms with Gasteiger partial charge < -0.3 is 0 Å². The third-order valence-electron chi connectivity index (χ3n) is 3.44. The Morgan fingerprint density at radius 1 is 0.800 bits per heavy atom. The molecule has 0 unspecified atom stereocenters. The zero-order chi connectivity index (χ0) is 11.6. The molecule has 15 heavy (non-hydrogen) atoms. The Bertz CT molecular complexity index is 124. The summed E-state index contributed by atoms with van der Waals surface area (Å²) in [6.45, 7) is 12.7. The number of rotatable bonds is 10. The molecule has 0 N–H and O–H groups in total. The van der Waals surface area contributed by atoms with Gasteiger partial charge in [-0.15, -0.1) is 0 Å². The molecule has 89 valence electrons. The molecule has 0 aliphatic heterocycles. The van der Waals surface area contributed by atoms with Crippen molar-refractivity contribution in [1.82, 2.24) is 0 Å². The van der Waals surface area contributed by atoms with E-state index in [9.17, 15) is 0 Å². The maximum Gasteiger partial charge on any atom is -0.0115 e. The molecule has 0 amide bonds. The zero-order valence-corrected chi connectivity index (χ0v) is 11.0. The van der Waals surface area contributed by atoms with Crippen LogP contribution in [0.3, 0.4) is 0 Å². The van der Waals surface area contributed by atoms with Crippen molar-refractivity contribution >= 4 is 0 Å². The van der Waals surface area contributed by atoms with Gasteiger partial charge in [0.05, 0.1) is 0 Å². The fourth-order valence-electron chi connectivity index (χ4n) is 2.21. The average Bonchev–Trinajstić information content (AvgIpc) is 2.29. The molecule has 0 saturated heterocycles. The van der Waals surface area contributed by atoms with Gasteiger partial charge in [0.2, 0.25) is 0 Å². The molecule has 0 aromatic rings. The van der Waals surface area contributed by atoms with Crippen LogP contribution in [0.25, 0.3) is 0 Å². The van der Waals surface area contributed by atoms with E-state index in [1.54, 1.807) is 0 Å². The summed E-state index contributed by atoms with van der Waals surface area (Å²) in [5.74, 6) is 0. The predicted octanol–water partition coefficient (Wildman–Crippen LogP) is 5.53. The van der Waals surface area contributed by atoms with Crippen LogP contribution >= 0.6 is 0 Å². The summed E-state index contributed by atoms with van der Waals surface area (Å²) >= 11 is 0. The Morgan fingerprint density at radius 2 is 1.13 bits per heavy atom. The van der Waals surface area contributed by atoms with Gasteiger partial charge in [-0.1, -0.05) is 72.0 Å². The molecule has 0 aromatic carbocycles. The van der Waals surface area contributed by atoms with Gasteiger partial charge >= 0.3 is 0 Å². The SMILES string of the molecule is [CH]=CC(CCCC)(CCCC)CCCC. The van der Waals surface area contributed by atoms with E-state index >= 15 is 0 Å². The predicted molar refractivity (Wildman–Crippen MR) is 69.9 cm³/mol. The molecule has 0 fully saturated rings. The van der Waals surface area contributed by atoms with Gasteiger partial charge in [0.25, 0.3) is 0 Å². The molecule has 0 aromatic heterocycles. The first-order chi connectivity index (χ1) is 7.24. The molecular weight excluding hydrogens is 180 g/mol.